The third kappa shape index (κ3) is 4.25. The lowest BCUT2D eigenvalue weighted by atomic mass is 10.2. The summed E-state index contributed by atoms with van der Waals surface area (Å²) in [6, 6.07) is 12.1. The zero-order chi connectivity index (χ0) is 15.2. The Bertz CT molecular complexity index is 645. The summed E-state index contributed by atoms with van der Waals surface area (Å²) < 4.78 is 18.5. The number of rotatable bonds is 5. The van der Waals surface area contributed by atoms with E-state index in [0.717, 1.165) is 5.56 Å². The second-order valence-corrected chi connectivity index (χ2v) is 5.01. The lowest BCUT2D eigenvalue weighted by molar-refractivity contribution is 0.368. The van der Waals surface area contributed by atoms with Gasteiger partial charge in [0.1, 0.15) is 11.8 Å². The van der Waals surface area contributed by atoms with Crippen molar-refractivity contribution in [2.24, 2.45) is 0 Å². The van der Waals surface area contributed by atoms with Gasteiger partial charge in [-0.2, -0.15) is 5.26 Å². The molecule has 2 aromatic carbocycles. The number of benzene rings is 2. The summed E-state index contributed by atoms with van der Waals surface area (Å²) in [5.74, 6) is 0.0102. The fraction of sp³-hybridized carbons (Fsp3) is 0.133. The van der Waals surface area contributed by atoms with E-state index in [1.165, 1.54) is 12.1 Å². The molecule has 0 aliphatic rings. The second-order valence-electron chi connectivity index (χ2n) is 4.20. The predicted octanol–water partition coefficient (Wildman–Crippen LogP) is 4.65. The van der Waals surface area contributed by atoms with Gasteiger partial charge in [-0.1, -0.05) is 35.3 Å². The van der Waals surface area contributed by atoms with Crippen LogP contribution in [0.3, 0.4) is 0 Å². The van der Waals surface area contributed by atoms with Crippen molar-refractivity contribution in [3.8, 4) is 11.8 Å². The van der Waals surface area contributed by atoms with Gasteiger partial charge in [0.25, 0.3) is 0 Å². The standard InChI is InChI=1S/C15H11Cl2FN2O/c16-13-7-11(8-14(17)15(13)18)20-9-10-1-3-12(4-2-10)21-6-5-19/h1-4,7-8,20H,6,9H2. The number of hydrogen-bond acceptors (Lipinski definition) is 3. The summed E-state index contributed by atoms with van der Waals surface area (Å²) in [7, 11) is 0. The molecule has 0 saturated heterocycles. The van der Waals surface area contributed by atoms with Crippen LogP contribution in [0.4, 0.5) is 10.1 Å². The van der Waals surface area contributed by atoms with Crippen LogP contribution in [0, 0.1) is 17.1 Å². The Morgan fingerprint density at radius 2 is 1.76 bits per heavy atom. The lowest BCUT2D eigenvalue weighted by Gasteiger charge is -2.09. The van der Waals surface area contributed by atoms with Crippen molar-refractivity contribution in [2.45, 2.75) is 6.54 Å². The number of hydrogen-bond donors (Lipinski definition) is 1. The van der Waals surface area contributed by atoms with Crippen LogP contribution in [0.25, 0.3) is 0 Å². The SMILES string of the molecule is N#CCOc1ccc(CNc2cc(Cl)c(F)c(Cl)c2)cc1. The largest absolute Gasteiger partial charge is 0.479 e. The number of halogens is 3. The van der Waals surface area contributed by atoms with Gasteiger partial charge in [0, 0.05) is 12.2 Å². The van der Waals surface area contributed by atoms with E-state index in [1.807, 2.05) is 18.2 Å². The van der Waals surface area contributed by atoms with E-state index in [1.54, 1.807) is 12.1 Å². The van der Waals surface area contributed by atoms with Crippen molar-refractivity contribution in [3.05, 3.63) is 57.8 Å². The molecule has 21 heavy (non-hydrogen) atoms. The van der Waals surface area contributed by atoms with E-state index < -0.39 is 5.82 Å². The van der Waals surface area contributed by atoms with Crippen LogP contribution in [0.2, 0.25) is 10.0 Å². The monoisotopic (exact) mass is 324 g/mol. The molecule has 0 heterocycles. The molecular weight excluding hydrogens is 314 g/mol. The number of nitrogens with zero attached hydrogens (tertiary/aromatic N) is 1. The molecule has 1 N–H and O–H groups in total. The predicted molar refractivity (Wildman–Crippen MR) is 81.3 cm³/mol. The molecule has 0 aliphatic carbocycles. The van der Waals surface area contributed by atoms with Crippen molar-refractivity contribution >= 4 is 28.9 Å². The fourth-order valence-corrected chi connectivity index (χ4v) is 2.17. The summed E-state index contributed by atoms with van der Waals surface area (Å²) in [4.78, 5) is 0. The number of anilines is 1. The molecule has 108 valence electrons. The van der Waals surface area contributed by atoms with Crippen LogP contribution < -0.4 is 10.1 Å². The summed E-state index contributed by atoms with van der Waals surface area (Å²) in [6.45, 7) is 0.543. The minimum Gasteiger partial charge on any atom is -0.479 e. The molecule has 0 aliphatic heterocycles. The first-order chi connectivity index (χ1) is 10.1. The summed E-state index contributed by atoms with van der Waals surface area (Å²) in [5.41, 5.74) is 1.63. The summed E-state index contributed by atoms with van der Waals surface area (Å²) in [6.07, 6.45) is 0. The molecule has 2 rings (SSSR count). The Balaban J connectivity index is 1.98. The van der Waals surface area contributed by atoms with Crippen LogP contribution >= 0.6 is 23.2 Å². The Kier molecular flexibility index (Phi) is 5.26. The highest BCUT2D eigenvalue weighted by Gasteiger charge is 2.07. The van der Waals surface area contributed by atoms with Gasteiger partial charge >= 0.3 is 0 Å². The number of ether oxygens (including phenoxy) is 1. The topological polar surface area (TPSA) is 45.0 Å². The third-order valence-corrected chi connectivity index (χ3v) is 3.26. The van der Waals surface area contributed by atoms with E-state index in [4.69, 9.17) is 33.2 Å². The molecular formula is C15H11Cl2FN2O. The highest BCUT2D eigenvalue weighted by atomic mass is 35.5. The minimum atomic E-state index is -0.622. The van der Waals surface area contributed by atoms with Crippen molar-refractivity contribution in [2.75, 3.05) is 11.9 Å². The lowest BCUT2D eigenvalue weighted by Crippen LogP contribution is -2.00. The highest BCUT2D eigenvalue weighted by molar-refractivity contribution is 6.35. The van der Waals surface area contributed by atoms with E-state index in [-0.39, 0.29) is 16.7 Å². The van der Waals surface area contributed by atoms with Crippen molar-refractivity contribution < 1.29 is 9.13 Å². The molecule has 2 aromatic rings. The molecule has 0 amide bonds. The van der Waals surface area contributed by atoms with Crippen LogP contribution in [0.15, 0.2) is 36.4 Å². The quantitative estimate of drug-likeness (QED) is 0.814. The van der Waals surface area contributed by atoms with Crippen LogP contribution in [-0.4, -0.2) is 6.61 Å². The van der Waals surface area contributed by atoms with Crippen LogP contribution in [0.1, 0.15) is 5.56 Å². The Morgan fingerprint density at radius 1 is 1.14 bits per heavy atom. The molecule has 0 bridgehead atoms. The zero-order valence-electron chi connectivity index (χ0n) is 10.9. The van der Waals surface area contributed by atoms with Crippen molar-refractivity contribution in [1.82, 2.24) is 0 Å². The van der Waals surface area contributed by atoms with Gasteiger partial charge in [-0.3, -0.25) is 0 Å². The van der Waals surface area contributed by atoms with Crippen molar-refractivity contribution in [3.63, 3.8) is 0 Å². The van der Waals surface area contributed by atoms with Gasteiger partial charge in [-0.15, -0.1) is 0 Å². The van der Waals surface area contributed by atoms with Gasteiger partial charge in [0.05, 0.1) is 10.0 Å². The Hall–Kier alpha value is -1.96. The summed E-state index contributed by atoms with van der Waals surface area (Å²) in [5, 5.41) is 11.5. The van der Waals surface area contributed by atoms with E-state index in [9.17, 15) is 4.39 Å². The normalized spacial score (nSPS) is 10.0. The Morgan fingerprint density at radius 3 is 2.33 bits per heavy atom. The van der Waals surface area contributed by atoms with Gasteiger partial charge in [-0.05, 0) is 29.8 Å². The third-order valence-electron chi connectivity index (χ3n) is 2.71. The first-order valence-electron chi connectivity index (χ1n) is 6.07. The van der Waals surface area contributed by atoms with Crippen LogP contribution in [-0.2, 0) is 6.54 Å². The minimum absolute atomic E-state index is 0.0180. The maximum atomic E-state index is 13.3. The Labute approximate surface area is 131 Å². The molecule has 0 fully saturated rings. The maximum absolute atomic E-state index is 13.3. The van der Waals surface area contributed by atoms with E-state index >= 15 is 0 Å². The molecule has 0 radical (unpaired) electrons. The molecule has 0 unspecified atom stereocenters. The van der Waals surface area contributed by atoms with E-state index in [0.29, 0.717) is 18.0 Å². The maximum Gasteiger partial charge on any atom is 0.174 e. The highest BCUT2D eigenvalue weighted by Crippen LogP contribution is 2.27. The van der Waals surface area contributed by atoms with Gasteiger partial charge in [-0.25, -0.2) is 4.39 Å². The fourth-order valence-electron chi connectivity index (χ4n) is 1.68. The molecule has 0 atom stereocenters. The first-order valence-corrected chi connectivity index (χ1v) is 6.83. The molecule has 0 spiro atoms. The van der Waals surface area contributed by atoms with Crippen LogP contribution in [0.5, 0.6) is 5.75 Å². The second kappa shape index (κ2) is 7.16. The van der Waals surface area contributed by atoms with Gasteiger partial charge in [0.2, 0.25) is 0 Å². The van der Waals surface area contributed by atoms with Gasteiger partial charge in [0.15, 0.2) is 12.4 Å². The molecule has 3 nitrogen and oxygen atoms in total. The summed E-state index contributed by atoms with van der Waals surface area (Å²) >= 11 is 11.5. The average molecular weight is 325 g/mol. The molecule has 0 saturated carbocycles. The molecule has 0 aromatic heterocycles. The number of nitrogens with one attached hydrogen (secondary N) is 1. The average Bonchev–Trinajstić information content (AvgIpc) is 2.49. The first kappa shape index (κ1) is 15.4. The molecule has 6 heteroatoms. The van der Waals surface area contributed by atoms with E-state index in [2.05, 4.69) is 5.32 Å². The van der Waals surface area contributed by atoms with Crippen molar-refractivity contribution in [1.29, 1.82) is 5.26 Å². The zero-order valence-corrected chi connectivity index (χ0v) is 12.4. The number of nitriles is 1. The smallest absolute Gasteiger partial charge is 0.174 e. The van der Waals surface area contributed by atoms with Gasteiger partial charge < -0.3 is 10.1 Å².